The summed E-state index contributed by atoms with van der Waals surface area (Å²) in [4.78, 5) is 29.7. The van der Waals surface area contributed by atoms with Crippen LogP contribution in [0.4, 0.5) is 18.9 Å². The molecule has 0 radical (unpaired) electrons. The third-order valence-corrected chi connectivity index (χ3v) is 7.22. The second-order valence-corrected chi connectivity index (χ2v) is 9.94. The quantitative estimate of drug-likeness (QED) is 0.464. The van der Waals surface area contributed by atoms with E-state index >= 15 is 0 Å². The van der Waals surface area contributed by atoms with Crippen molar-refractivity contribution in [2.24, 2.45) is 0 Å². The van der Waals surface area contributed by atoms with Crippen molar-refractivity contribution in [2.75, 3.05) is 44.2 Å². The average molecular weight is 550 g/mol. The van der Waals surface area contributed by atoms with Crippen LogP contribution < -0.4 is 15.5 Å². The summed E-state index contributed by atoms with van der Waals surface area (Å²) in [5, 5.41) is 9.39. The Labute approximate surface area is 225 Å². The van der Waals surface area contributed by atoms with E-state index in [0.29, 0.717) is 25.7 Å². The summed E-state index contributed by atoms with van der Waals surface area (Å²) >= 11 is 0. The molecule has 2 unspecified atom stereocenters. The molecule has 2 N–H and O–H groups in total. The van der Waals surface area contributed by atoms with Gasteiger partial charge in [0.15, 0.2) is 5.76 Å². The van der Waals surface area contributed by atoms with Crippen LogP contribution in [0.3, 0.4) is 0 Å². The van der Waals surface area contributed by atoms with Crippen LogP contribution in [-0.2, 0) is 15.7 Å². The first-order valence-corrected chi connectivity index (χ1v) is 13.0. The number of benzene rings is 1. The lowest BCUT2D eigenvalue weighted by Gasteiger charge is -2.37. The Morgan fingerprint density at radius 3 is 2.62 bits per heavy atom. The number of hydrogen-bond acceptors (Lipinski definition) is 7. The van der Waals surface area contributed by atoms with E-state index in [1.807, 2.05) is 13.8 Å². The molecule has 3 heterocycles. The first-order valence-electron chi connectivity index (χ1n) is 13.0. The lowest BCUT2D eigenvalue weighted by atomic mass is 10.0. The molecule has 2 aliphatic rings. The molecule has 12 heteroatoms. The fourth-order valence-electron chi connectivity index (χ4n) is 5.34. The minimum atomic E-state index is -4.56. The number of amides is 2. The fraction of sp³-hybridized carbons (Fsp3) is 0.519. The molecule has 4 rings (SSSR count). The van der Waals surface area contributed by atoms with E-state index in [9.17, 15) is 22.8 Å². The van der Waals surface area contributed by atoms with Gasteiger partial charge in [0.2, 0.25) is 5.91 Å². The number of aryl methyl sites for hydroxylation is 2. The van der Waals surface area contributed by atoms with Crippen molar-refractivity contribution in [3.63, 3.8) is 0 Å². The van der Waals surface area contributed by atoms with Gasteiger partial charge in [-0.3, -0.25) is 14.5 Å². The van der Waals surface area contributed by atoms with Crippen LogP contribution in [-0.4, -0.2) is 79.4 Å². The van der Waals surface area contributed by atoms with Gasteiger partial charge < -0.3 is 24.8 Å². The molecule has 2 amide bonds. The van der Waals surface area contributed by atoms with Crippen molar-refractivity contribution in [1.82, 2.24) is 20.7 Å². The normalized spacial score (nSPS) is 20.7. The molecule has 2 aliphatic heterocycles. The van der Waals surface area contributed by atoms with Gasteiger partial charge in [-0.05, 0) is 44.9 Å². The molecular formula is C27H34F3N5O4. The molecule has 0 saturated carbocycles. The Balaban J connectivity index is 1.31. The van der Waals surface area contributed by atoms with Gasteiger partial charge >= 0.3 is 6.18 Å². The summed E-state index contributed by atoms with van der Waals surface area (Å²) in [6, 6.07) is 4.10. The number of carbonyl (C=O) groups is 2. The number of ether oxygens (including phenoxy) is 1. The minimum absolute atomic E-state index is 0.167. The van der Waals surface area contributed by atoms with Crippen molar-refractivity contribution >= 4 is 17.5 Å². The Morgan fingerprint density at radius 2 is 1.97 bits per heavy atom. The van der Waals surface area contributed by atoms with Gasteiger partial charge in [0.1, 0.15) is 11.4 Å². The lowest BCUT2D eigenvalue weighted by molar-refractivity contribution is -0.137. The van der Waals surface area contributed by atoms with E-state index < -0.39 is 23.6 Å². The first kappa shape index (κ1) is 28.6. The van der Waals surface area contributed by atoms with Crippen LogP contribution in [0, 0.1) is 13.8 Å². The monoisotopic (exact) mass is 549 g/mol. The standard InChI is InChI=1S/C27H34F3N5O4/c1-4-12-38-23-16-35(21-8-10-34(11-9-21)25-17(2)33-39-18(25)3)15-22(23)32-24(36)14-31-26(37)19-6-5-7-20(13-19)27(28,29)30/h4-7,13,21-23H,1,8-12,14-16H2,2-3H3,(H,31,37)(H,32,36). The lowest BCUT2D eigenvalue weighted by Crippen LogP contribution is -2.48. The Bertz CT molecular complexity index is 1160. The van der Waals surface area contributed by atoms with E-state index in [1.165, 1.54) is 6.07 Å². The summed E-state index contributed by atoms with van der Waals surface area (Å²) in [7, 11) is 0. The maximum atomic E-state index is 13.0. The number of hydrogen-bond donors (Lipinski definition) is 2. The molecule has 0 aliphatic carbocycles. The smallest absolute Gasteiger partial charge is 0.371 e. The van der Waals surface area contributed by atoms with Crippen LogP contribution in [0.1, 0.15) is 40.2 Å². The van der Waals surface area contributed by atoms with Gasteiger partial charge in [-0.2, -0.15) is 13.2 Å². The number of piperidine rings is 1. The number of nitrogens with one attached hydrogen (secondary N) is 2. The molecular weight excluding hydrogens is 515 g/mol. The second-order valence-electron chi connectivity index (χ2n) is 9.94. The second kappa shape index (κ2) is 12.2. The highest BCUT2D eigenvalue weighted by Gasteiger charge is 2.39. The Hall–Kier alpha value is -3.38. The number of anilines is 1. The predicted octanol–water partition coefficient (Wildman–Crippen LogP) is 3.08. The number of aromatic nitrogens is 1. The van der Waals surface area contributed by atoms with Crippen molar-refractivity contribution in [3.8, 4) is 0 Å². The first-order chi connectivity index (χ1) is 18.6. The van der Waals surface area contributed by atoms with Crippen LogP contribution >= 0.6 is 0 Å². The molecule has 1 aromatic heterocycles. The molecule has 9 nitrogen and oxygen atoms in total. The zero-order chi connectivity index (χ0) is 28.2. The maximum absolute atomic E-state index is 13.0. The number of rotatable bonds is 9. The summed E-state index contributed by atoms with van der Waals surface area (Å²) in [6.45, 7) is 10.5. The molecule has 2 fully saturated rings. The van der Waals surface area contributed by atoms with Crippen molar-refractivity contribution < 1.29 is 32.0 Å². The molecule has 39 heavy (non-hydrogen) atoms. The van der Waals surface area contributed by atoms with Crippen molar-refractivity contribution in [2.45, 2.75) is 51.1 Å². The summed E-state index contributed by atoms with van der Waals surface area (Å²) in [5.41, 5.74) is 0.845. The third kappa shape index (κ3) is 6.99. The Morgan fingerprint density at radius 1 is 1.23 bits per heavy atom. The molecule has 0 spiro atoms. The van der Waals surface area contributed by atoms with Gasteiger partial charge in [0.25, 0.3) is 5.91 Å². The van der Waals surface area contributed by atoms with Gasteiger partial charge in [-0.15, -0.1) is 6.58 Å². The SMILES string of the molecule is C=CCOC1CN(C2CCN(c3c(C)noc3C)CC2)CC1NC(=O)CNC(=O)c1cccc(C(F)(F)F)c1. The number of carbonyl (C=O) groups excluding carboxylic acids is 2. The van der Waals surface area contributed by atoms with E-state index in [2.05, 4.69) is 32.2 Å². The number of nitrogens with zero attached hydrogens (tertiary/aromatic N) is 3. The van der Waals surface area contributed by atoms with Crippen LogP contribution in [0.2, 0.25) is 0 Å². The molecule has 2 atom stereocenters. The molecule has 1 aromatic carbocycles. The summed E-state index contributed by atoms with van der Waals surface area (Å²) in [6.07, 6.45) is -1.30. The van der Waals surface area contributed by atoms with Gasteiger partial charge in [0, 0.05) is 37.8 Å². The van der Waals surface area contributed by atoms with Crippen LogP contribution in [0.5, 0.6) is 0 Å². The molecule has 0 bridgehead atoms. The van der Waals surface area contributed by atoms with E-state index in [-0.39, 0.29) is 24.3 Å². The average Bonchev–Trinajstić information content (AvgIpc) is 3.47. The van der Waals surface area contributed by atoms with Gasteiger partial charge in [-0.1, -0.05) is 17.3 Å². The largest absolute Gasteiger partial charge is 0.416 e. The van der Waals surface area contributed by atoms with Crippen LogP contribution in [0.25, 0.3) is 0 Å². The number of halogens is 3. The van der Waals surface area contributed by atoms with Gasteiger partial charge in [0.05, 0.1) is 30.9 Å². The van der Waals surface area contributed by atoms with Crippen LogP contribution in [0.15, 0.2) is 41.4 Å². The van der Waals surface area contributed by atoms with E-state index in [1.54, 1.807) is 6.08 Å². The molecule has 2 aromatic rings. The summed E-state index contributed by atoms with van der Waals surface area (Å²) < 4.78 is 50.1. The molecule has 2 saturated heterocycles. The fourth-order valence-corrected chi connectivity index (χ4v) is 5.34. The highest BCUT2D eigenvalue weighted by Crippen LogP contribution is 2.31. The van der Waals surface area contributed by atoms with Gasteiger partial charge in [-0.25, -0.2) is 0 Å². The summed E-state index contributed by atoms with van der Waals surface area (Å²) in [5.74, 6) is -0.385. The predicted molar refractivity (Wildman–Crippen MR) is 138 cm³/mol. The number of alkyl halides is 3. The maximum Gasteiger partial charge on any atom is 0.416 e. The van der Waals surface area contributed by atoms with E-state index in [4.69, 9.17) is 9.26 Å². The van der Waals surface area contributed by atoms with Crippen molar-refractivity contribution in [1.29, 1.82) is 0 Å². The van der Waals surface area contributed by atoms with E-state index in [0.717, 1.165) is 61.3 Å². The molecule has 212 valence electrons. The number of likely N-dealkylation sites (tertiary alicyclic amines) is 1. The van der Waals surface area contributed by atoms with Crippen molar-refractivity contribution in [3.05, 3.63) is 59.5 Å². The third-order valence-electron chi connectivity index (χ3n) is 7.22. The topological polar surface area (TPSA) is 99.9 Å². The zero-order valence-electron chi connectivity index (χ0n) is 22.1. The highest BCUT2D eigenvalue weighted by atomic mass is 19.4. The highest BCUT2D eigenvalue weighted by molar-refractivity contribution is 5.96. The zero-order valence-corrected chi connectivity index (χ0v) is 22.1. The minimum Gasteiger partial charge on any atom is -0.371 e. The Kier molecular flexibility index (Phi) is 8.96.